The van der Waals surface area contributed by atoms with Gasteiger partial charge in [0.25, 0.3) is 0 Å². The minimum absolute atomic E-state index is 0.0207. The molecule has 3 rings (SSSR count). The molecule has 2 saturated heterocycles. The Bertz CT molecular complexity index is 635. The van der Waals surface area contributed by atoms with Crippen molar-refractivity contribution in [2.75, 3.05) is 13.2 Å². The molecule has 3 N–H and O–H groups in total. The summed E-state index contributed by atoms with van der Waals surface area (Å²) in [7, 11) is 0. The van der Waals surface area contributed by atoms with Gasteiger partial charge in [-0.05, 0) is 63.8 Å². The first-order valence-corrected chi connectivity index (χ1v) is 9.94. The molecule has 0 aromatic heterocycles. The first-order chi connectivity index (χ1) is 13.0. The average molecular weight is 373 g/mol. The van der Waals surface area contributed by atoms with Gasteiger partial charge in [0, 0.05) is 12.1 Å². The first-order valence-electron chi connectivity index (χ1n) is 9.94. The van der Waals surface area contributed by atoms with Crippen LogP contribution in [-0.4, -0.2) is 42.2 Å². The minimum atomic E-state index is -0.584. The molecule has 27 heavy (non-hydrogen) atoms. The van der Waals surface area contributed by atoms with E-state index in [4.69, 9.17) is 14.7 Å². The summed E-state index contributed by atoms with van der Waals surface area (Å²) in [4.78, 5) is 0. The molecule has 1 aromatic carbocycles. The highest BCUT2D eigenvalue weighted by atomic mass is 16.5. The van der Waals surface area contributed by atoms with E-state index in [1.165, 1.54) is 6.42 Å². The molecule has 148 valence electrons. The van der Waals surface area contributed by atoms with Crippen LogP contribution in [0.15, 0.2) is 24.3 Å². The zero-order valence-corrected chi connectivity index (χ0v) is 16.3. The zero-order valence-electron chi connectivity index (χ0n) is 16.3. The van der Waals surface area contributed by atoms with Crippen molar-refractivity contribution in [3.05, 3.63) is 29.8 Å². The summed E-state index contributed by atoms with van der Waals surface area (Å²) in [5.41, 5.74) is 0.633. The van der Waals surface area contributed by atoms with E-state index in [1.807, 2.05) is 24.3 Å². The number of aliphatic hydroxyl groups excluding tert-OH is 1. The third kappa shape index (κ3) is 5.20. The molecule has 0 bridgehead atoms. The lowest BCUT2D eigenvalue weighted by Gasteiger charge is -2.35. The van der Waals surface area contributed by atoms with Gasteiger partial charge in [-0.1, -0.05) is 12.1 Å². The molecular formula is C21H31N3O3. The van der Waals surface area contributed by atoms with E-state index < -0.39 is 6.10 Å². The number of rotatable bonds is 8. The summed E-state index contributed by atoms with van der Waals surface area (Å²) in [6.07, 6.45) is 3.87. The van der Waals surface area contributed by atoms with E-state index in [0.717, 1.165) is 31.4 Å². The molecule has 2 aliphatic heterocycles. The molecule has 1 aromatic rings. The topological polar surface area (TPSA) is 86.5 Å². The maximum Gasteiger partial charge on any atom is 0.119 e. The standard InChI is InChI=1S/C21H31N3O3/c1-21(2,18-5-3-13-23-18)27-19-11-10-17(24-19)20(25)15-6-8-16(9-7-15)26-14-4-12-22/h6-9,17-20,23-25H,3-5,10-11,13-14H2,1-2H3/t17-,18-,19?,20+/m0/s1. The molecule has 6 heteroatoms. The Balaban J connectivity index is 1.51. The van der Waals surface area contributed by atoms with E-state index in [1.54, 1.807) is 0 Å². The smallest absolute Gasteiger partial charge is 0.119 e. The van der Waals surface area contributed by atoms with Crippen LogP contribution in [-0.2, 0) is 4.74 Å². The maximum absolute atomic E-state index is 10.7. The van der Waals surface area contributed by atoms with Crippen LogP contribution in [0.5, 0.6) is 5.75 Å². The summed E-state index contributed by atoms with van der Waals surface area (Å²) in [6, 6.07) is 9.87. The molecule has 0 amide bonds. The van der Waals surface area contributed by atoms with Crippen LogP contribution in [0.1, 0.15) is 57.6 Å². The van der Waals surface area contributed by atoms with Crippen molar-refractivity contribution in [1.29, 1.82) is 5.26 Å². The second-order valence-electron chi connectivity index (χ2n) is 7.98. The van der Waals surface area contributed by atoms with Crippen LogP contribution < -0.4 is 15.4 Å². The first kappa shape index (κ1) is 20.1. The highest BCUT2D eigenvalue weighted by Gasteiger charge is 2.38. The summed E-state index contributed by atoms with van der Waals surface area (Å²) in [5, 5.41) is 26.3. The van der Waals surface area contributed by atoms with Gasteiger partial charge in [0.05, 0.1) is 24.2 Å². The fourth-order valence-electron chi connectivity index (χ4n) is 4.01. The van der Waals surface area contributed by atoms with E-state index in [9.17, 15) is 5.11 Å². The van der Waals surface area contributed by atoms with Gasteiger partial charge >= 0.3 is 0 Å². The maximum atomic E-state index is 10.7. The number of aliphatic hydroxyl groups is 1. The highest BCUT2D eigenvalue weighted by molar-refractivity contribution is 5.29. The van der Waals surface area contributed by atoms with E-state index in [2.05, 4.69) is 30.6 Å². The van der Waals surface area contributed by atoms with Crippen LogP contribution >= 0.6 is 0 Å². The lowest BCUT2D eigenvalue weighted by atomic mass is 9.97. The lowest BCUT2D eigenvalue weighted by Crippen LogP contribution is -2.49. The molecule has 0 spiro atoms. The minimum Gasteiger partial charge on any atom is -0.493 e. The largest absolute Gasteiger partial charge is 0.493 e. The number of nitrogens with zero attached hydrogens (tertiary/aromatic N) is 1. The number of ether oxygens (including phenoxy) is 2. The van der Waals surface area contributed by atoms with E-state index in [-0.39, 0.29) is 17.9 Å². The van der Waals surface area contributed by atoms with Gasteiger partial charge in [0.15, 0.2) is 0 Å². The van der Waals surface area contributed by atoms with Crippen molar-refractivity contribution in [3.8, 4) is 11.8 Å². The third-order valence-electron chi connectivity index (χ3n) is 5.57. The Hall–Kier alpha value is -1.65. The zero-order chi connectivity index (χ0) is 19.3. The van der Waals surface area contributed by atoms with E-state index >= 15 is 0 Å². The number of hydrogen-bond donors (Lipinski definition) is 3. The van der Waals surface area contributed by atoms with Gasteiger partial charge in [0.2, 0.25) is 0 Å². The Morgan fingerprint density at radius 2 is 2.04 bits per heavy atom. The molecule has 1 unspecified atom stereocenters. The third-order valence-corrected chi connectivity index (χ3v) is 5.57. The summed E-state index contributed by atoms with van der Waals surface area (Å²) in [5.74, 6) is 0.715. The van der Waals surface area contributed by atoms with Crippen LogP contribution in [0.3, 0.4) is 0 Å². The highest BCUT2D eigenvalue weighted by Crippen LogP contribution is 2.31. The van der Waals surface area contributed by atoms with E-state index in [0.29, 0.717) is 24.8 Å². The summed E-state index contributed by atoms with van der Waals surface area (Å²) < 4.78 is 11.8. The fraction of sp³-hybridized carbons (Fsp3) is 0.667. The summed E-state index contributed by atoms with van der Waals surface area (Å²) in [6.45, 7) is 5.74. The molecule has 0 aliphatic carbocycles. The number of nitrogens with one attached hydrogen (secondary N) is 2. The van der Waals surface area contributed by atoms with Crippen molar-refractivity contribution >= 4 is 0 Å². The van der Waals surface area contributed by atoms with Gasteiger partial charge in [0.1, 0.15) is 18.6 Å². The molecule has 2 fully saturated rings. The van der Waals surface area contributed by atoms with Crippen molar-refractivity contribution in [2.45, 2.75) is 76.0 Å². The average Bonchev–Trinajstić information content (AvgIpc) is 3.34. The van der Waals surface area contributed by atoms with Crippen LogP contribution in [0.2, 0.25) is 0 Å². The fourth-order valence-corrected chi connectivity index (χ4v) is 4.01. The molecular weight excluding hydrogens is 342 g/mol. The molecule has 4 atom stereocenters. The predicted octanol–water partition coefficient (Wildman–Crippen LogP) is 2.64. The van der Waals surface area contributed by atoms with Gasteiger partial charge < -0.3 is 19.9 Å². The number of benzene rings is 1. The van der Waals surface area contributed by atoms with Crippen molar-refractivity contribution in [1.82, 2.24) is 10.6 Å². The monoisotopic (exact) mass is 373 g/mol. The Kier molecular flexibility index (Phi) is 6.72. The molecule has 0 radical (unpaired) electrons. The van der Waals surface area contributed by atoms with Gasteiger partial charge in [-0.15, -0.1) is 0 Å². The van der Waals surface area contributed by atoms with Crippen molar-refractivity contribution in [2.24, 2.45) is 0 Å². The van der Waals surface area contributed by atoms with Gasteiger partial charge in [-0.3, -0.25) is 5.32 Å². The van der Waals surface area contributed by atoms with Crippen molar-refractivity contribution < 1.29 is 14.6 Å². The van der Waals surface area contributed by atoms with Crippen molar-refractivity contribution in [3.63, 3.8) is 0 Å². The number of hydrogen-bond acceptors (Lipinski definition) is 6. The summed E-state index contributed by atoms with van der Waals surface area (Å²) >= 11 is 0. The predicted molar refractivity (Wildman–Crippen MR) is 103 cm³/mol. The number of nitriles is 1. The second kappa shape index (κ2) is 9.03. The molecule has 2 aliphatic rings. The Morgan fingerprint density at radius 3 is 2.70 bits per heavy atom. The van der Waals surface area contributed by atoms with Crippen LogP contribution in [0.4, 0.5) is 0 Å². The lowest BCUT2D eigenvalue weighted by molar-refractivity contribution is -0.0976. The Labute approximate surface area is 161 Å². The van der Waals surface area contributed by atoms with Crippen LogP contribution in [0, 0.1) is 11.3 Å². The SMILES string of the molecule is CC(C)(OC1CC[C@@H]([C@H](O)c2ccc(OCCC#N)cc2)N1)[C@@H]1CCCN1. The second-order valence-corrected chi connectivity index (χ2v) is 7.98. The van der Waals surface area contributed by atoms with Gasteiger partial charge in [-0.25, -0.2) is 0 Å². The quantitative estimate of drug-likeness (QED) is 0.607. The van der Waals surface area contributed by atoms with Crippen LogP contribution in [0.25, 0.3) is 0 Å². The normalized spacial score (nSPS) is 26.7. The molecule has 2 heterocycles. The Morgan fingerprint density at radius 1 is 1.26 bits per heavy atom. The van der Waals surface area contributed by atoms with Gasteiger partial charge in [-0.2, -0.15) is 5.26 Å². The molecule has 6 nitrogen and oxygen atoms in total. The molecule has 0 saturated carbocycles.